The molecular formula is C25H20F2N6OS. The minimum atomic E-state index is -0.728. The smallest absolute Gasteiger partial charge is 0.255 e. The highest BCUT2D eigenvalue weighted by atomic mass is 32.2. The number of allylic oxidation sites excluding steroid dienone is 1. The number of anilines is 2. The molecule has 2 aromatic carbocycles. The van der Waals surface area contributed by atoms with Gasteiger partial charge in [-0.05, 0) is 48.4 Å². The molecule has 0 fully saturated rings. The maximum Gasteiger partial charge on any atom is 0.255 e. The van der Waals surface area contributed by atoms with Crippen molar-refractivity contribution in [3.8, 4) is 0 Å². The SMILES string of the molecule is CC1=C(C(=O)Nc2cccnc2)[C@H](c2cccc(F)c2)n2nc(SCc3ccccc3F)nc2N1. The van der Waals surface area contributed by atoms with E-state index in [-0.39, 0.29) is 11.7 Å². The molecule has 35 heavy (non-hydrogen) atoms. The van der Waals surface area contributed by atoms with E-state index in [0.29, 0.717) is 44.9 Å². The van der Waals surface area contributed by atoms with Crippen LogP contribution in [-0.2, 0) is 10.5 Å². The van der Waals surface area contributed by atoms with E-state index < -0.39 is 11.9 Å². The van der Waals surface area contributed by atoms with Crippen LogP contribution in [0.1, 0.15) is 24.1 Å². The van der Waals surface area contributed by atoms with Gasteiger partial charge in [0.25, 0.3) is 5.91 Å². The molecule has 10 heteroatoms. The predicted molar refractivity (Wildman–Crippen MR) is 130 cm³/mol. The summed E-state index contributed by atoms with van der Waals surface area (Å²) < 4.78 is 29.8. The van der Waals surface area contributed by atoms with Crippen molar-refractivity contribution in [2.75, 3.05) is 10.6 Å². The topological polar surface area (TPSA) is 84.7 Å². The Morgan fingerprint density at radius 1 is 1.14 bits per heavy atom. The highest BCUT2D eigenvalue weighted by Gasteiger charge is 2.34. The van der Waals surface area contributed by atoms with Gasteiger partial charge in [0, 0.05) is 17.6 Å². The first-order valence-corrected chi connectivity index (χ1v) is 11.8. The van der Waals surface area contributed by atoms with Crippen molar-refractivity contribution in [2.45, 2.75) is 23.9 Å². The van der Waals surface area contributed by atoms with Crippen molar-refractivity contribution in [3.05, 3.63) is 107 Å². The maximum absolute atomic E-state index is 14.2. The number of amides is 1. The fraction of sp³-hybridized carbons (Fsp3) is 0.120. The third kappa shape index (κ3) is 4.78. The largest absolute Gasteiger partial charge is 0.328 e. The number of rotatable bonds is 6. The number of thioether (sulfide) groups is 1. The third-order valence-corrected chi connectivity index (χ3v) is 6.36. The molecule has 0 unspecified atom stereocenters. The fourth-order valence-electron chi connectivity index (χ4n) is 3.86. The van der Waals surface area contributed by atoms with Gasteiger partial charge in [-0.25, -0.2) is 13.5 Å². The number of fused-ring (bicyclic) bond motifs is 1. The molecule has 176 valence electrons. The standard InChI is InChI=1S/C25H20F2N6OS/c1-15-21(23(34)30-19-9-5-11-28-13-19)22(16-7-4-8-18(26)12-16)33-24(29-15)31-25(32-33)35-14-17-6-2-3-10-20(17)27/h2-13,22H,14H2,1H3,(H,30,34)(H,29,31,32)/t22-/m0/s1. The second-order valence-electron chi connectivity index (χ2n) is 7.86. The van der Waals surface area contributed by atoms with Crippen molar-refractivity contribution in [2.24, 2.45) is 0 Å². The van der Waals surface area contributed by atoms with Crippen LogP contribution < -0.4 is 10.6 Å². The average Bonchev–Trinajstić information content (AvgIpc) is 3.25. The lowest BCUT2D eigenvalue weighted by atomic mass is 9.95. The van der Waals surface area contributed by atoms with Crippen LogP contribution in [0.3, 0.4) is 0 Å². The van der Waals surface area contributed by atoms with Crippen LogP contribution in [0.25, 0.3) is 0 Å². The summed E-state index contributed by atoms with van der Waals surface area (Å²) in [5.41, 5.74) is 2.53. The van der Waals surface area contributed by atoms with E-state index in [9.17, 15) is 13.6 Å². The zero-order valence-electron chi connectivity index (χ0n) is 18.6. The van der Waals surface area contributed by atoms with E-state index in [2.05, 4.69) is 25.7 Å². The number of aromatic nitrogens is 4. The number of hydrogen-bond acceptors (Lipinski definition) is 6. The minimum absolute atomic E-state index is 0.299. The summed E-state index contributed by atoms with van der Waals surface area (Å²) >= 11 is 1.27. The number of pyridine rings is 1. The normalized spacial score (nSPS) is 14.9. The van der Waals surface area contributed by atoms with Crippen molar-refractivity contribution in [1.82, 2.24) is 19.7 Å². The van der Waals surface area contributed by atoms with Crippen LogP contribution in [0.5, 0.6) is 0 Å². The molecular weight excluding hydrogens is 470 g/mol. The Morgan fingerprint density at radius 3 is 2.77 bits per heavy atom. The van der Waals surface area contributed by atoms with E-state index in [1.807, 2.05) is 0 Å². The van der Waals surface area contributed by atoms with E-state index in [1.54, 1.807) is 66.5 Å². The van der Waals surface area contributed by atoms with Gasteiger partial charge in [-0.3, -0.25) is 9.78 Å². The lowest BCUT2D eigenvalue weighted by molar-refractivity contribution is -0.113. The van der Waals surface area contributed by atoms with Gasteiger partial charge in [0.2, 0.25) is 11.1 Å². The van der Waals surface area contributed by atoms with Crippen molar-refractivity contribution in [3.63, 3.8) is 0 Å². The summed E-state index contributed by atoms with van der Waals surface area (Å²) in [5.74, 6) is -0.362. The number of carbonyl (C=O) groups is 1. The number of carbonyl (C=O) groups excluding carboxylic acids is 1. The van der Waals surface area contributed by atoms with Crippen LogP contribution in [0, 0.1) is 11.6 Å². The van der Waals surface area contributed by atoms with Gasteiger partial charge in [-0.2, -0.15) is 4.98 Å². The Hall–Kier alpha value is -4.05. The van der Waals surface area contributed by atoms with Gasteiger partial charge in [-0.15, -0.1) is 5.10 Å². The van der Waals surface area contributed by atoms with Crippen LogP contribution in [0.2, 0.25) is 0 Å². The molecule has 0 saturated carbocycles. The zero-order valence-corrected chi connectivity index (χ0v) is 19.4. The molecule has 5 rings (SSSR count). The number of benzene rings is 2. The first-order chi connectivity index (χ1) is 17.0. The lowest BCUT2D eigenvalue weighted by Crippen LogP contribution is -2.31. The number of nitrogens with zero attached hydrogens (tertiary/aromatic N) is 4. The quantitative estimate of drug-likeness (QED) is 0.363. The summed E-state index contributed by atoms with van der Waals surface area (Å²) in [6, 6.07) is 15.3. The van der Waals surface area contributed by atoms with Crippen LogP contribution >= 0.6 is 11.8 Å². The van der Waals surface area contributed by atoms with E-state index in [4.69, 9.17) is 0 Å². The van der Waals surface area contributed by atoms with Gasteiger partial charge in [-0.1, -0.05) is 42.1 Å². The molecule has 0 spiro atoms. The first kappa shape index (κ1) is 22.7. The maximum atomic E-state index is 14.2. The third-order valence-electron chi connectivity index (χ3n) is 5.48. The molecule has 1 aliphatic rings. The second kappa shape index (κ2) is 9.67. The Bertz CT molecular complexity index is 1420. The zero-order chi connectivity index (χ0) is 24.4. The first-order valence-electron chi connectivity index (χ1n) is 10.8. The fourth-order valence-corrected chi connectivity index (χ4v) is 4.68. The summed E-state index contributed by atoms with van der Waals surface area (Å²) in [7, 11) is 0. The minimum Gasteiger partial charge on any atom is -0.328 e. The number of halogens is 2. The summed E-state index contributed by atoms with van der Waals surface area (Å²) in [4.78, 5) is 21.9. The number of hydrogen-bond donors (Lipinski definition) is 2. The summed E-state index contributed by atoms with van der Waals surface area (Å²) in [6.07, 6.45) is 3.15. The average molecular weight is 491 g/mol. The molecule has 2 N–H and O–H groups in total. The van der Waals surface area contributed by atoms with Gasteiger partial charge >= 0.3 is 0 Å². The Kier molecular flexibility index (Phi) is 6.28. The van der Waals surface area contributed by atoms with Gasteiger partial charge < -0.3 is 10.6 Å². The van der Waals surface area contributed by atoms with Gasteiger partial charge in [0.15, 0.2) is 0 Å². The van der Waals surface area contributed by atoms with Gasteiger partial charge in [0.1, 0.15) is 17.7 Å². The summed E-state index contributed by atoms with van der Waals surface area (Å²) in [6.45, 7) is 1.76. The Labute approximate surface area is 204 Å². The predicted octanol–water partition coefficient (Wildman–Crippen LogP) is 5.17. The molecule has 0 radical (unpaired) electrons. The Balaban J connectivity index is 1.50. The molecule has 0 saturated heterocycles. The van der Waals surface area contributed by atoms with Gasteiger partial charge in [0.05, 0.1) is 17.5 Å². The highest BCUT2D eigenvalue weighted by Crippen LogP contribution is 2.37. The van der Waals surface area contributed by atoms with Crippen molar-refractivity contribution in [1.29, 1.82) is 0 Å². The molecule has 0 aliphatic carbocycles. The van der Waals surface area contributed by atoms with Crippen molar-refractivity contribution < 1.29 is 13.6 Å². The van der Waals surface area contributed by atoms with E-state index in [0.717, 1.165) is 0 Å². The molecule has 1 amide bonds. The van der Waals surface area contributed by atoms with Crippen LogP contribution in [-0.4, -0.2) is 25.7 Å². The molecule has 7 nitrogen and oxygen atoms in total. The molecule has 1 atom stereocenters. The van der Waals surface area contributed by atoms with Crippen LogP contribution in [0.4, 0.5) is 20.4 Å². The Morgan fingerprint density at radius 2 is 2.00 bits per heavy atom. The van der Waals surface area contributed by atoms with Crippen LogP contribution in [0.15, 0.2) is 89.5 Å². The molecule has 4 aromatic rings. The summed E-state index contributed by atoms with van der Waals surface area (Å²) in [5, 5.41) is 11.0. The monoisotopic (exact) mass is 490 g/mol. The van der Waals surface area contributed by atoms with E-state index >= 15 is 0 Å². The lowest BCUT2D eigenvalue weighted by Gasteiger charge is -2.28. The second-order valence-corrected chi connectivity index (χ2v) is 8.80. The molecule has 3 heterocycles. The van der Waals surface area contributed by atoms with E-state index in [1.165, 1.54) is 30.0 Å². The molecule has 1 aliphatic heterocycles. The molecule has 2 aromatic heterocycles. The number of nitrogens with one attached hydrogen (secondary N) is 2. The van der Waals surface area contributed by atoms with Crippen molar-refractivity contribution >= 4 is 29.3 Å². The molecule has 0 bridgehead atoms. The highest BCUT2D eigenvalue weighted by molar-refractivity contribution is 7.98.